The first-order valence-corrected chi connectivity index (χ1v) is 10.7. The molecule has 1 fully saturated rings. The summed E-state index contributed by atoms with van der Waals surface area (Å²) in [7, 11) is 0. The maximum Gasteiger partial charge on any atom is 0.246 e. The minimum absolute atomic E-state index is 0.188. The largest absolute Gasteiger partial charge is 0.342 e. The fourth-order valence-electron chi connectivity index (χ4n) is 3.98. The number of nitrogens with zero attached hydrogens (tertiary/aromatic N) is 3. The van der Waals surface area contributed by atoms with Gasteiger partial charge in [0.25, 0.3) is 0 Å². The molecule has 1 saturated heterocycles. The van der Waals surface area contributed by atoms with E-state index in [0.717, 1.165) is 32.7 Å². The average molecular weight is 400 g/mol. The minimum Gasteiger partial charge on any atom is -0.342 e. The molecule has 0 bridgehead atoms. The number of hydrogen-bond acceptors (Lipinski definition) is 2. The molecule has 4 rings (SSSR count). The number of rotatable bonds is 7. The molecule has 0 spiro atoms. The van der Waals surface area contributed by atoms with Gasteiger partial charge in [0.2, 0.25) is 5.91 Å². The SMILES string of the molecule is O=C([C@H](Cc1ccccc1)n1cccc1)N1CCN(C/C=C/c2ccccc2)CC1. The van der Waals surface area contributed by atoms with Crippen LogP contribution in [-0.2, 0) is 11.2 Å². The zero-order valence-corrected chi connectivity index (χ0v) is 17.3. The molecular formula is C26H29N3O. The van der Waals surface area contributed by atoms with Crippen molar-refractivity contribution in [1.82, 2.24) is 14.4 Å². The van der Waals surface area contributed by atoms with Gasteiger partial charge in [-0.05, 0) is 23.3 Å². The summed E-state index contributed by atoms with van der Waals surface area (Å²) in [5.74, 6) is 0.217. The van der Waals surface area contributed by atoms with E-state index in [-0.39, 0.29) is 11.9 Å². The van der Waals surface area contributed by atoms with Crippen LogP contribution in [0.1, 0.15) is 17.2 Å². The lowest BCUT2D eigenvalue weighted by atomic mass is 10.0. The fraction of sp³-hybridized carbons (Fsp3) is 0.269. The number of piperazine rings is 1. The fourth-order valence-corrected chi connectivity index (χ4v) is 3.98. The van der Waals surface area contributed by atoms with Crippen molar-refractivity contribution >= 4 is 12.0 Å². The van der Waals surface area contributed by atoms with Crippen LogP contribution in [0, 0.1) is 0 Å². The van der Waals surface area contributed by atoms with Gasteiger partial charge in [0.05, 0.1) is 0 Å². The van der Waals surface area contributed by atoms with Crippen molar-refractivity contribution in [2.45, 2.75) is 12.5 Å². The van der Waals surface area contributed by atoms with E-state index in [1.165, 1.54) is 11.1 Å². The highest BCUT2D eigenvalue weighted by atomic mass is 16.2. The molecule has 2 aromatic carbocycles. The van der Waals surface area contributed by atoms with Gasteiger partial charge < -0.3 is 9.47 Å². The van der Waals surface area contributed by atoms with Gasteiger partial charge >= 0.3 is 0 Å². The van der Waals surface area contributed by atoms with Crippen LogP contribution in [-0.4, -0.2) is 53.0 Å². The normalized spacial score (nSPS) is 16.1. The Balaban J connectivity index is 1.34. The van der Waals surface area contributed by atoms with E-state index in [4.69, 9.17) is 0 Å². The molecule has 1 amide bonds. The summed E-state index contributed by atoms with van der Waals surface area (Å²) in [6.45, 7) is 4.31. The molecule has 1 atom stereocenters. The number of carbonyl (C=O) groups excluding carboxylic acids is 1. The number of benzene rings is 2. The highest BCUT2D eigenvalue weighted by molar-refractivity contribution is 5.81. The molecular weight excluding hydrogens is 370 g/mol. The van der Waals surface area contributed by atoms with Gasteiger partial charge in [-0.3, -0.25) is 9.69 Å². The van der Waals surface area contributed by atoms with Crippen LogP contribution >= 0.6 is 0 Å². The highest BCUT2D eigenvalue weighted by Crippen LogP contribution is 2.19. The summed E-state index contributed by atoms with van der Waals surface area (Å²) < 4.78 is 2.05. The molecule has 0 saturated carbocycles. The van der Waals surface area contributed by atoms with E-state index in [2.05, 4.69) is 53.5 Å². The molecule has 1 aliphatic heterocycles. The van der Waals surface area contributed by atoms with Crippen LogP contribution < -0.4 is 0 Å². The van der Waals surface area contributed by atoms with E-state index in [1.807, 2.05) is 58.3 Å². The molecule has 154 valence electrons. The monoisotopic (exact) mass is 399 g/mol. The molecule has 0 aliphatic carbocycles. The Bertz CT molecular complexity index is 927. The van der Waals surface area contributed by atoms with E-state index in [9.17, 15) is 4.79 Å². The maximum atomic E-state index is 13.4. The first-order valence-electron chi connectivity index (χ1n) is 10.7. The quantitative estimate of drug-likeness (QED) is 0.598. The zero-order valence-electron chi connectivity index (χ0n) is 17.3. The third-order valence-corrected chi connectivity index (χ3v) is 5.70. The van der Waals surface area contributed by atoms with Crippen LogP contribution in [0.3, 0.4) is 0 Å². The lowest BCUT2D eigenvalue weighted by molar-refractivity contribution is -0.136. The third kappa shape index (κ3) is 5.28. The molecule has 0 radical (unpaired) electrons. The molecule has 30 heavy (non-hydrogen) atoms. The van der Waals surface area contributed by atoms with Gasteiger partial charge in [0.1, 0.15) is 6.04 Å². The molecule has 0 N–H and O–H groups in total. The summed E-state index contributed by atoms with van der Waals surface area (Å²) in [6.07, 6.45) is 9.09. The van der Waals surface area contributed by atoms with Gasteiger partial charge in [-0.15, -0.1) is 0 Å². The van der Waals surface area contributed by atoms with Crippen LogP contribution in [0.5, 0.6) is 0 Å². The van der Waals surface area contributed by atoms with Crippen molar-refractivity contribution in [3.63, 3.8) is 0 Å². The molecule has 2 heterocycles. The summed E-state index contributed by atoms with van der Waals surface area (Å²) in [5, 5.41) is 0. The van der Waals surface area contributed by atoms with Gasteiger partial charge in [-0.1, -0.05) is 72.8 Å². The minimum atomic E-state index is -0.188. The molecule has 4 heteroatoms. The standard InChI is InChI=1S/C26H29N3O/c30-26(25(28-16-7-8-17-28)22-24-12-5-2-6-13-24)29-20-18-27(19-21-29)15-9-14-23-10-3-1-4-11-23/h1-14,16-17,25H,15,18-22H2/b14-9+/t25-/m0/s1. The molecule has 1 aliphatic rings. The highest BCUT2D eigenvalue weighted by Gasteiger charge is 2.28. The second-order valence-electron chi connectivity index (χ2n) is 7.77. The van der Waals surface area contributed by atoms with Gasteiger partial charge in [0, 0.05) is 51.5 Å². The van der Waals surface area contributed by atoms with Crippen LogP contribution in [0.25, 0.3) is 6.08 Å². The lowest BCUT2D eigenvalue weighted by Crippen LogP contribution is -2.50. The van der Waals surface area contributed by atoms with Crippen molar-refractivity contribution in [3.05, 3.63) is 102 Å². The Hall–Kier alpha value is -3.11. The topological polar surface area (TPSA) is 28.5 Å². The number of carbonyl (C=O) groups is 1. The third-order valence-electron chi connectivity index (χ3n) is 5.70. The number of aromatic nitrogens is 1. The second kappa shape index (κ2) is 10.1. The predicted molar refractivity (Wildman–Crippen MR) is 122 cm³/mol. The Morgan fingerprint density at radius 3 is 2.13 bits per heavy atom. The number of hydrogen-bond donors (Lipinski definition) is 0. The van der Waals surface area contributed by atoms with Crippen molar-refractivity contribution in [1.29, 1.82) is 0 Å². The maximum absolute atomic E-state index is 13.4. The summed E-state index contributed by atoms with van der Waals surface area (Å²) in [4.78, 5) is 17.8. The van der Waals surface area contributed by atoms with Crippen molar-refractivity contribution < 1.29 is 4.79 Å². The summed E-state index contributed by atoms with van der Waals surface area (Å²) in [5.41, 5.74) is 2.41. The van der Waals surface area contributed by atoms with Gasteiger partial charge in [0.15, 0.2) is 0 Å². The number of amides is 1. The first kappa shape index (κ1) is 20.2. The second-order valence-corrected chi connectivity index (χ2v) is 7.77. The van der Waals surface area contributed by atoms with E-state index < -0.39 is 0 Å². The first-order chi connectivity index (χ1) is 14.8. The Morgan fingerprint density at radius 2 is 1.47 bits per heavy atom. The van der Waals surface area contributed by atoms with Crippen LogP contribution in [0.4, 0.5) is 0 Å². The van der Waals surface area contributed by atoms with E-state index in [1.54, 1.807) is 0 Å². The molecule has 0 unspecified atom stereocenters. The molecule has 4 nitrogen and oxygen atoms in total. The average Bonchev–Trinajstić information content (AvgIpc) is 3.34. The summed E-state index contributed by atoms with van der Waals surface area (Å²) >= 11 is 0. The predicted octanol–water partition coefficient (Wildman–Crippen LogP) is 4.13. The Labute approximate surface area is 179 Å². The lowest BCUT2D eigenvalue weighted by Gasteiger charge is -2.36. The zero-order chi connectivity index (χ0) is 20.6. The Kier molecular flexibility index (Phi) is 6.78. The van der Waals surface area contributed by atoms with Gasteiger partial charge in [-0.25, -0.2) is 0 Å². The Morgan fingerprint density at radius 1 is 0.833 bits per heavy atom. The van der Waals surface area contributed by atoms with E-state index in [0.29, 0.717) is 6.42 Å². The van der Waals surface area contributed by atoms with Crippen molar-refractivity contribution in [2.75, 3.05) is 32.7 Å². The van der Waals surface area contributed by atoms with Crippen molar-refractivity contribution in [3.8, 4) is 0 Å². The van der Waals surface area contributed by atoms with Gasteiger partial charge in [-0.2, -0.15) is 0 Å². The molecule has 3 aromatic rings. The summed E-state index contributed by atoms with van der Waals surface area (Å²) in [6, 6.07) is 24.4. The van der Waals surface area contributed by atoms with Crippen LogP contribution in [0.2, 0.25) is 0 Å². The van der Waals surface area contributed by atoms with Crippen molar-refractivity contribution in [2.24, 2.45) is 0 Å². The van der Waals surface area contributed by atoms with E-state index >= 15 is 0 Å². The van der Waals surface area contributed by atoms with Crippen LogP contribution in [0.15, 0.2) is 91.3 Å². The molecule has 1 aromatic heterocycles. The smallest absolute Gasteiger partial charge is 0.246 e.